The van der Waals surface area contributed by atoms with Crippen LogP contribution in [0, 0.1) is 5.92 Å². The fraction of sp³-hybridized carbons (Fsp3) is 0.769. The Labute approximate surface area is 103 Å². The molecule has 1 fully saturated rings. The predicted octanol–water partition coefficient (Wildman–Crippen LogP) is 2.05. The summed E-state index contributed by atoms with van der Waals surface area (Å²) in [5.74, 6) is 0.0906. The molecule has 0 aliphatic carbocycles. The van der Waals surface area contributed by atoms with Crippen molar-refractivity contribution in [1.82, 2.24) is 9.55 Å². The molecule has 2 heterocycles. The van der Waals surface area contributed by atoms with Crippen molar-refractivity contribution in [3.8, 4) is 0 Å². The molecule has 1 aliphatic rings. The molecule has 0 spiro atoms. The van der Waals surface area contributed by atoms with Crippen LogP contribution >= 0.6 is 0 Å². The highest BCUT2D eigenvalue weighted by Crippen LogP contribution is 2.47. The zero-order valence-electron chi connectivity index (χ0n) is 11.3. The van der Waals surface area contributed by atoms with E-state index in [4.69, 9.17) is 4.74 Å². The summed E-state index contributed by atoms with van der Waals surface area (Å²) in [5, 5.41) is 10.5. The van der Waals surface area contributed by atoms with Crippen LogP contribution < -0.4 is 0 Å². The Balaban J connectivity index is 2.26. The molecule has 1 aromatic rings. The molecule has 4 heteroatoms. The number of nitrogens with zero attached hydrogens (tertiary/aromatic N) is 2. The summed E-state index contributed by atoms with van der Waals surface area (Å²) in [5.41, 5.74) is 0.366. The van der Waals surface area contributed by atoms with Gasteiger partial charge in [-0.05, 0) is 34.1 Å². The average Bonchev–Trinajstić information content (AvgIpc) is 2.66. The number of aromatic nitrogens is 2. The number of aryl methyl sites for hydroxylation is 1. The van der Waals surface area contributed by atoms with Gasteiger partial charge in [0.1, 0.15) is 6.10 Å². The van der Waals surface area contributed by atoms with E-state index in [-0.39, 0.29) is 17.1 Å². The number of hydrogen-bond acceptors (Lipinski definition) is 3. The largest absolute Gasteiger partial charge is 0.386 e. The first-order valence-electron chi connectivity index (χ1n) is 6.07. The summed E-state index contributed by atoms with van der Waals surface area (Å²) in [6, 6.07) is 0. The van der Waals surface area contributed by atoms with Gasteiger partial charge in [-0.1, -0.05) is 0 Å². The number of rotatable bonds is 2. The van der Waals surface area contributed by atoms with E-state index < -0.39 is 6.10 Å². The quantitative estimate of drug-likeness (QED) is 0.857. The van der Waals surface area contributed by atoms with Gasteiger partial charge in [-0.25, -0.2) is 4.98 Å². The molecular formula is C13H22N2O2. The lowest BCUT2D eigenvalue weighted by Crippen LogP contribution is -2.33. The van der Waals surface area contributed by atoms with Crippen LogP contribution in [0.2, 0.25) is 0 Å². The van der Waals surface area contributed by atoms with Gasteiger partial charge in [0.25, 0.3) is 0 Å². The van der Waals surface area contributed by atoms with Crippen molar-refractivity contribution >= 4 is 0 Å². The predicted molar refractivity (Wildman–Crippen MR) is 65.5 cm³/mol. The number of ether oxygens (including phenoxy) is 1. The molecule has 4 nitrogen and oxygen atoms in total. The molecule has 2 rings (SSSR count). The Morgan fingerprint density at radius 2 is 2.12 bits per heavy atom. The van der Waals surface area contributed by atoms with Crippen molar-refractivity contribution in [2.24, 2.45) is 13.0 Å². The Kier molecular flexibility index (Phi) is 2.83. The molecule has 1 aliphatic heterocycles. The van der Waals surface area contributed by atoms with Gasteiger partial charge in [0.2, 0.25) is 0 Å². The lowest BCUT2D eigenvalue weighted by atomic mass is 9.82. The first-order valence-corrected chi connectivity index (χ1v) is 6.07. The first kappa shape index (κ1) is 12.6. The topological polar surface area (TPSA) is 47.3 Å². The van der Waals surface area contributed by atoms with Gasteiger partial charge >= 0.3 is 0 Å². The third kappa shape index (κ3) is 2.24. The lowest BCUT2D eigenvalue weighted by molar-refractivity contribution is -0.0886. The van der Waals surface area contributed by atoms with Crippen molar-refractivity contribution < 1.29 is 9.84 Å². The summed E-state index contributed by atoms with van der Waals surface area (Å²) >= 11 is 0. The number of aliphatic hydroxyl groups excluding tert-OH is 1. The zero-order chi connectivity index (χ0) is 12.8. The minimum Gasteiger partial charge on any atom is -0.386 e. The fourth-order valence-corrected chi connectivity index (χ4v) is 2.96. The number of imidazole rings is 1. The Hall–Kier alpha value is -0.870. The second kappa shape index (κ2) is 3.82. The highest BCUT2D eigenvalue weighted by atomic mass is 16.5. The van der Waals surface area contributed by atoms with Crippen molar-refractivity contribution in [2.75, 3.05) is 0 Å². The maximum Gasteiger partial charge on any atom is 0.101 e. The SMILES string of the molecule is Cn1cncc1C(O)C1CC(C)(C)OC1(C)C. The molecule has 0 radical (unpaired) electrons. The van der Waals surface area contributed by atoms with E-state index in [0.29, 0.717) is 0 Å². The fourth-order valence-electron chi connectivity index (χ4n) is 2.96. The molecule has 0 amide bonds. The van der Waals surface area contributed by atoms with Crippen LogP contribution in [-0.2, 0) is 11.8 Å². The van der Waals surface area contributed by atoms with Gasteiger partial charge in [0.05, 0.1) is 29.4 Å². The van der Waals surface area contributed by atoms with Crippen LogP contribution in [0.15, 0.2) is 12.5 Å². The van der Waals surface area contributed by atoms with Crippen LogP contribution in [0.3, 0.4) is 0 Å². The number of hydrogen-bond donors (Lipinski definition) is 1. The Bertz CT molecular complexity index is 409. The van der Waals surface area contributed by atoms with Crippen LogP contribution in [0.5, 0.6) is 0 Å². The minimum atomic E-state index is -0.528. The third-order valence-corrected chi connectivity index (χ3v) is 3.68. The van der Waals surface area contributed by atoms with Gasteiger partial charge in [-0.3, -0.25) is 0 Å². The second-order valence-corrected chi connectivity index (χ2v) is 6.15. The molecule has 2 unspecified atom stereocenters. The minimum absolute atomic E-state index is 0.0906. The van der Waals surface area contributed by atoms with E-state index in [1.165, 1.54) is 0 Å². The maximum absolute atomic E-state index is 10.5. The standard InChI is InChI=1S/C13H22N2O2/c1-12(2)6-9(13(3,4)17-12)11(16)10-7-14-8-15(10)5/h7-9,11,16H,6H2,1-5H3. The molecular weight excluding hydrogens is 216 g/mol. The molecule has 17 heavy (non-hydrogen) atoms. The summed E-state index contributed by atoms with van der Waals surface area (Å²) in [6.45, 7) is 8.24. The van der Waals surface area contributed by atoms with Crippen molar-refractivity contribution in [1.29, 1.82) is 0 Å². The maximum atomic E-state index is 10.5. The molecule has 1 saturated heterocycles. The van der Waals surface area contributed by atoms with E-state index >= 15 is 0 Å². The van der Waals surface area contributed by atoms with Gasteiger partial charge in [0, 0.05) is 13.0 Å². The monoisotopic (exact) mass is 238 g/mol. The Morgan fingerprint density at radius 1 is 1.47 bits per heavy atom. The van der Waals surface area contributed by atoms with Crippen molar-refractivity contribution in [3.63, 3.8) is 0 Å². The molecule has 0 saturated carbocycles. The highest BCUT2D eigenvalue weighted by Gasteiger charge is 2.49. The zero-order valence-corrected chi connectivity index (χ0v) is 11.3. The molecule has 96 valence electrons. The summed E-state index contributed by atoms with van der Waals surface area (Å²) in [7, 11) is 1.90. The number of aliphatic hydroxyl groups is 1. The van der Waals surface area contributed by atoms with Gasteiger partial charge in [0.15, 0.2) is 0 Å². The van der Waals surface area contributed by atoms with E-state index in [2.05, 4.69) is 18.8 Å². The molecule has 0 bridgehead atoms. The second-order valence-electron chi connectivity index (χ2n) is 6.15. The van der Waals surface area contributed by atoms with Crippen LogP contribution in [-0.4, -0.2) is 25.9 Å². The van der Waals surface area contributed by atoms with Crippen LogP contribution in [0.1, 0.15) is 45.9 Å². The summed E-state index contributed by atoms with van der Waals surface area (Å²) in [4.78, 5) is 4.06. The van der Waals surface area contributed by atoms with Crippen LogP contribution in [0.4, 0.5) is 0 Å². The van der Waals surface area contributed by atoms with E-state index in [0.717, 1.165) is 12.1 Å². The van der Waals surface area contributed by atoms with Gasteiger partial charge < -0.3 is 14.4 Å². The lowest BCUT2D eigenvalue weighted by Gasteiger charge is -2.30. The normalized spacial score (nSPS) is 28.2. The molecule has 2 atom stereocenters. The molecule has 1 N–H and O–H groups in total. The van der Waals surface area contributed by atoms with E-state index in [1.54, 1.807) is 12.5 Å². The van der Waals surface area contributed by atoms with E-state index in [1.807, 2.05) is 25.5 Å². The molecule has 0 aromatic carbocycles. The van der Waals surface area contributed by atoms with Crippen molar-refractivity contribution in [3.05, 3.63) is 18.2 Å². The van der Waals surface area contributed by atoms with Crippen molar-refractivity contribution in [2.45, 2.75) is 51.4 Å². The third-order valence-electron chi connectivity index (χ3n) is 3.68. The molecule has 1 aromatic heterocycles. The Morgan fingerprint density at radius 3 is 2.53 bits per heavy atom. The highest BCUT2D eigenvalue weighted by molar-refractivity contribution is 5.09. The smallest absolute Gasteiger partial charge is 0.101 e. The van der Waals surface area contributed by atoms with E-state index in [9.17, 15) is 5.11 Å². The van der Waals surface area contributed by atoms with Crippen LogP contribution in [0.25, 0.3) is 0 Å². The van der Waals surface area contributed by atoms with Gasteiger partial charge in [-0.15, -0.1) is 0 Å². The average molecular weight is 238 g/mol. The summed E-state index contributed by atoms with van der Waals surface area (Å²) < 4.78 is 7.89. The first-order chi connectivity index (χ1) is 7.73. The summed E-state index contributed by atoms with van der Waals surface area (Å²) in [6.07, 6.45) is 3.77. The van der Waals surface area contributed by atoms with Gasteiger partial charge in [-0.2, -0.15) is 0 Å².